The number of ether oxygens (including phenoxy) is 1. The van der Waals surface area contributed by atoms with Gasteiger partial charge in [0.1, 0.15) is 11.5 Å². The second-order valence-electron chi connectivity index (χ2n) is 6.48. The first-order chi connectivity index (χ1) is 9.76. The Kier molecular flexibility index (Phi) is 4.52. The molecule has 0 unspecified atom stereocenters. The summed E-state index contributed by atoms with van der Waals surface area (Å²) < 4.78 is 6.11. The van der Waals surface area contributed by atoms with Crippen LogP contribution in [0.15, 0.2) is 40.4 Å². The predicted molar refractivity (Wildman–Crippen MR) is 90.8 cm³/mol. The van der Waals surface area contributed by atoms with E-state index >= 15 is 0 Å². The van der Waals surface area contributed by atoms with Crippen molar-refractivity contribution in [3.63, 3.8) is 0 Å². The quantitative estimate of drug-likeness (QED) is 0.805. The number of allylic oxidation sites excluding steroid dienone is 3. The standard InChI is InChI=1S/C18H23BrO2/c1-11-6-7-18(3,4)14(12(11)2)8-13-9-17(21-5)15(19)10-16(13)20/h6,9-10,14,20H,2,7-8H2,1,3-5H3/t14-/m1/s1. The Morgan fingerprint density at radius 3 is 2.71 bits per heavy atom. The van der Waals surface area contributed by atoms with E-state index in [-0.39, 0.29) is 5.41 Å². The SMILES string of the molecule is C=C1C(C)=CCC(C)(C)[C@@H]1Cc1cc(OC)c(Br)cc1O. The summed E-state index contributed by atoms with van der Waals surface area (Å²) in [6.45, 7) is 10.9. The average Bonchev–Trinajstić information content (AvgIpc) is 2.41. The minimum Gasteiger partial charge on any atom is -0.508 e. The highest BCUT2D eigenvalue weighted by molar-refractivity contribution is 9.10. The van der Waals surface area contributed by atoms with E-state index in [1.807, 2.05) is 6.07 Å². The molecule has 1 aromatic carbocycles. The van der Waals surface area contributed by atoms with E-state index in [9.17, 15) is 5.11 Å². The highest BCUT2D eigenvalue weighted by Crippen LogP contribution is 2.45. The molecule has 1 aliphatic rings. The van der Waals surface area contributed by atoms with Crippen LogP contribution in [0, 0.1) is 11.3 Å². The Balaban J connectivity index is 2.37. The normalized spacial score (nSPS) is 21.1. The molecule has 0 spiro atoms. The van der Waals surface area contributed by atoms with Gasteiger partial charge in [0.15, 0.2) is 0 Å². The van der Waals surface area contributed by atoms with Crippen LogP contribution in [0.1, 0.15) is 32.8 Å². The number of rotatable bonds is 3. The van der Waals surface area contributed by atoms with Crippen molar-refractivity contribution in [2.24, 2.45) is 11.3 Å². The Morgan fingerprint density at radius 1 is 1.43 bits per heavy atom. The second kappa shape index (κ2) is 5.88. The first-order valence-corrected chi connectivity index (χ1v) is 7.97. The Hall–Kier alpha value is -1.22. The van der Waals surface area contributed by atoms with Gasteiger partial charge in [-0.1, -0.05) is 32.1 Å². The minimum atomic E-state index is 0.142. The molecular formula is C18H23BrO2. The molecule has 0 heterocycles. The average molecular weight is 351 g/mol. The van der Waals surface area contributed by atoms with Gasteiger partial charge in [0.25, 0.3) is 0 Å². The highest BCUT2D eigenvalue weighted by Gasteiger charge is 2.34. The van der Waals surface area contributed by atoms with E-state index in [0.29, 0.717) is 11.7 Å². The van der Waals surface area contributed by atoms with Crippen molar-refractivity contribution in [3.05, 3.63) is 46.0 Å². The largest absolute Gasteiger partial charge is 0.508 e. The zero-order chi connectivity index (χ0) is 15.8. The van der Waals surface area contributed by atoms with Crippen LogP contribution in [0.3, 0.4) is 0 Å². The van der Waals surface area contributed by atoms with Gasteiger partial charge >= 0.3 is 0 Å². The number of halogens is 1. The molecule has 0 saturated carbocycles. The zero-order valence-electron chi connectivity index (χ0n) is 13.2. The van der Waals surface area contributed by atoms with Gasteiger partial charge in [0.05, 0.1) is 11.6 Å². The van der Waals surface area contributed by atoms with Crippen LogP contribution in [-0.2, 0) is 6.42 Å². The lowest BCUT2D eigenvalue weighted by atomic mass is 9.65. The maximum absolute atomic E-state index is 10.2. The molecule has 0 saturated heterocycles. The van der Waals surface area contributed by atoms with Crippen LogP contribution in [-0.4, -0.2) is 12.2 Å². The molecule has 2 nitrogen and oxygen atoms in total. The number of aromatic hydroxyl groups is 1. The van der Waals surface area contributed by atoms with Crippen molar-refractivity contribution in [2.45, 2.75) is 33.6 Å². The van der Waals surface area contributed by atoms with Crippen LogP contribution in [0.4, 0.5) is 0 Å². The van der Waals surface area contributed by atoms with E-state index in [4.69, 9.17) is 4.74 Å². The Bertz CT molecular complexity index is 599. The van der Waals surface area contributed by atoms with Crippen LogP contribution < -0.4 is 4.74 Å². The molecule has 1 N–H and O–H groups in total. The number of benzene rings is 1. The van der Waals surface area contributed by atoms with Gasteiger partial charge in [0, 0.05) is 0 Å². The molecule has 2 rings (SSSR count). The van der Waals surface area contributed by atoms with Gasteiger partial charge in [-0.25, -0.2) is 0 Å². The fraction of sp³-hybridized carbons (Fsp3) is 0.444. The number of phenolic OH excluding ortho intramolecular Hbond substituents is 1. The van der Waals surface area contributed by atoms with Crippen molar-refractivity contribution in [2.75, 3.05) is 7.11 Å². The summed E-state index contributed by atoms with van der Waals surface area (Å²) in [7, 11) is 1.64. The summed E-state index contributed by atoms with van der Waals surface area (Å²) in [5, 5.41) is 10.2. The fourth-order valence-electron chi connectivity index (χ4n) is 2.96. The lowest BCUT2D eigenvalue weighted by molar-refractivity contribution is 0.240. The van der Waals surface area contributed by atoms with Gasteiger partial charge in [-0.05, 0) is 70.3 Å². The van der Waals surface area contributed by atoms with Gasteiger partial charge in [-0.3, -0.25) is 0 Å². The van der Waals surface area contributed by atoms with E-state index in [2.05, 4.69) is 49.4 Å². The number of methoxy groups -OCH3 is 1. The van der Waals surface area contributed by atoms with Gasteiger partial charge < -0.3 is 9.84 Å². The molecule has 1 aliphatic carbocycles. The van der Waals surface area contributed by atoms with Crippen LogP contribution in [0.2, 0.25) is 0 Å². The summed E-state index contributed by atoms with van der Waals surface area (Å²) >= 11 is 3.40. The molecular weight excluding hydrogens is 328 g/mol. The molecule has 0 aliphatic heterocycles. The third-order valence-electron chi connectivity index (χ3n) is 4.58. The van der Waals surface area contributed by atoms with Crippen LogP contribution in [0.25, 0.3) is 0 Å². The van der Waals surface area contributed by atoms with E-state index in [1.54, 1.807) is 13.2 Å². The third-order valence-corrected chi connectivity index (χ3v) is 5.20. The summed E-state index contributed by atoms with van der Waals surface area (Å²) in [5.74, 6) is 1.37. The molecule has 0 fully saturated rings. The molecule has 0 radical (unpaired) electrons. The Labute approximate surface area is 135 Å². The second-order valence-corrected chi connectivity index (χ2v) is 7.33. The summed E-state index contributed by atoms with van der Waals surface area (Å²) in [5.41, 5.74) is 3.49. The first kappa shape index (κ1) is 16.2. The molecule has 0 bridgehead atoms. The van der Waals surface area contributed by atoms with Crippen molar-refractivity contribution in [3.8, 4) is 11.5 Å². The third kappa shape index (κ3) is 3.18. The van der Waals surface area contributed by atoms with Crippen LogP contribution in [0.5, 0.6) is 11.5 Å². The van der Waals surface area contributed by atoms with E-state index < -0.39 is 0 Å². The zero-order valence-corrected chi connectivity index (χ0v) is 14.8. The summed E-state index contributed by atoms with van der Waals surface area (Å²) in [6.07, 6.45) is 4.07. The van der Waals surface area contributed by atoms with Crippen molar-refractivity contribution < 1.29 is 9.84 Å². The molecule has 0 amide bonds. The van der Waals surface area contributed by atoms with Gasteiger partial charge in [-0.15, -0.1) is 0 Å². The van der Waals surface area contributed by atoms with Gasteiger partial charge in [0.2, 0.25) is 0 Å². The molecule has 3 heteroatoms. The number of phenols is 1. The van der Waals surface area contributed by atoms with Gasteiger partial charge in [-0.2, -0.15) is 0 Å². The summed E-state index contributed by atoms with van der Waals surface area (Å²) in [4.78, 5) is 0. The highest BCUT2D eigenvalue weighted by atomic mass is 79.9. The molecule has 1 aromatic rings. The first-order valence-electron chi connectivity index (χ1n) is 7.17. The molecule has 114 valence electrons. The van der Waals surface area contributed by atoms with Crippen molar-refractivity contribution in [1.82, 2.24) is 0 Å². The number of hydrogen-bond acceptors (Lipinski definition) is 2. The molecule has 1 atom stereocenters. The topological polar surface area (TPSA) is 29.5 Å². The minimum absolute atomic E-state index is 0.142. The maximum atomic E-state index is 10.2. The lowest BCUT2D eigenvalue weighted by Crippen LogP contribution is -2.30. The number of hydrogen-bond donors (Lipinski definition) is 1. The monoisotopic (exact) mass is 350 g/mol. The molecule has 0 aromatic heterocycles. The lowest BCUT2D eigenvalue weighted by Gasteiger charge is -2.39. The maximum Gasteiger partial charge on any atom is 0.133 e. The van der Waals surface area contributed by atoms with Crippen molar-refractivity contribution >= 4 is 15.9 Å². The molecule has 21 heavy (non-hydrogen) atoms. The predicted octanol–water partition coefficient (Wildman–Crippen LogP) is 5.25. The smallest absolute Gasteiger partial charge is 0.133 e. The van der Waals surface area contributed by atoms with E-state index in [0.717, 1.165) is 28.6 Å². The fourth-order valence-corrected chi connectivity index (χ4v) is 3.45. The summed E-state index contributed by atoms with van der Waals surface area (Å²) in [6, 6.07) is 3.62. The van der Waals surface area contributed by atoms with Crippen LogP contribution >= 0.6 is 15.9 Å². The van der Waals surface area contributed by atoms with Crippen molar-refractivity contribution in [1.29, 1.82) is 0 Å². The Morgan fingerprint density at radius 2 is 2.10 bits per heavy atom. The van der Waals surface area contributed by atoms with E-state index in [1.165, 1.54) is 11.1 Å².